The molecule has 0 aliphatic heterocycles. The van der Waals surface area contributed by atoms with Crippen LogP contribution in [0.2, 0.25) is 0 Å². The molecule has 0 amide bonds. The van der Waals surface area contributed by atoms with Crippen LogP contribution in [-0.2, 0) is 0 Å². The number of rotatable bonds is 0. The summed E-state index contributed by atoms with van der Waals surface area (Å²) in [6.07, 6.45) is 4.36. The second-order valence-electron chi connectivity index (χ2n) is 2.95. The molecule has 2 heteroatoms. The molecule has 0 N–H and O–H groups in total. The van der Waals surface area contributed by atoms with Crippen LogP contribution in [0.3, 0.4) is 0 Å². The SMILES string of the molecule is FC1(F)CC2C=CC1C2. The molecule has 9 heavy (non-hydrogen) atoms. The van der Waals surface area contributed by atoms with Gasteiger partial charge in [-0.15, -0.1) is 0 Å². The number of hydrogen-bond donors (Lipinski definition) is 0. The summed E-state index contributed by atoms with van der Waals surface area (Å²) in [5.74, 6) is -2.62. The second kappa shape index (κ2) is 1.36. The molecule has 0 heterocycles. The van der Waals surface area contributed by atoms with Crippen LogP contribution >= 0.6 is 0 Å². The monoisotopic (exact) mass is 130 g/mol. The first-order valence-electron chi connectivity index (χ1n) is 3.24. The van der Waals surface area contributed by atoms with Crippen molar-refractivity contribution in [2.45, 2.75) is 18.8 Å². The second-order valence-corrected chi connectivity index (χ2v) is 2.95. The average molecular weight is 130 g/mol. The van der Waals surface area contributed by atoms with Gasteiger partial charge in [-0.2, -0.15) is 0 Å². The zero-order valence-corrected chi connectivity index (χ0v) is 4.98. The van der Waals surface area contributed by atoms with Gasteiger partial charge in [0.15, 0.2) is 0 Å². The molecule has 2 aliphatic rings. The zero-order chi connectivity index (χ0) is 6.48. The highest BCUT2D eigenvalue weighted by Gasteiger charge is 2.49. The Morgan fingerprint density at radius 1 is 1.33 bits per heavy atom. The fraction of sp³-hybridized carbons (Fsp3) is 0.714. The normalized spacial score (nSPS) is 44.2. The Labute approximate surface area is 52.6 Å². The minimum atomic E-state index is -2.38. The molecular weight excluding hydrogens is 122 g/mol. The molecule has 2 rings (SSSR count). The van der Waals surface area contributed by atoms with Gasteiger partial charge in [-0.05, 0) is 12.3 Å². The maximum atomic E-state index is 12.6. The van der Waals surface area contributed by atoms with Gasteiger partial charge in [0.25, 0.3) is 5.92 Å². The highest BCUT2D eigenvalue weighted by Crippen LogP contribution is 2.49. The van der Waals surface area contributed by atoms with E-state index in [0.29, 0.717) is 6.42 Å². The van der Waals surface area contributed by atoms with Crippen molar-refractivity contribution in [3.8, 4) is 0 Å². The van der Waals surface area contributed by atoms with Gasteiger partial charge < -0.3 is 0 Å². The average Bonchev–Trinajstić information content (AvgIpc) is 2.19. The van der Waals surface area contributed by atoms with Gasteiger partial charge in [-0.1, -0.05) is 12.2 Å². The summed E-state index contributed by atoms with van der Waals surface area (Å²) < 4.78 is 25.2. The Kier molecular flexibility index (Phi) is 0.815. The Morgan fingerprint density at radius 2 is 2.11 bits per heavy atom. The van der Waals surface area contributed by atoms with Crippen LogP contribution in [0.25, 0.3) is 0 Å². The molecule has 0 radical (unpaired) electrons. The minimum absolute atomic E-state index is 0.0914. The van der Waals surface area contributed by atoms with Crippen molar-refractivity contribution >= 4 is 0 Å². The summed E-state index contributed by atoms with van der Waals surface area (Å²) in [5, 5.41) is 0. The maximum absolute atomic E-state index is 12.6. The molecule has 0 aromatic carbocycles. The summed E-state index contributed by atoms with van der Waals surface area (Å²) in [6, 6.07) is 0. The number of fused-ring (bicyclic) bond motifs is 2. The molecule has 2 atom stereocenters. The molecule has 0 spiro atoms. The molecule has 0 nitrogen and oxygen atoms in total. The smallest absolute Gasteiger partial charge is 0.206 e. The zero-order valence-electron chi connectivity index (χ0n) is 4.98. The molecule has 1 fully saturated rings. The van der Waals surface area contributed by atoms with Crippen molar-refractivity contribution in [1.82, 2.24) is 0 Å². The van der Waals surface area contributed by atoms with E-state index in [0.717, 1.165) is 0 Å². The molecular formula is C7H8F2. The lowest BCUT2D eigenvalue weighted by atomic mass is 10.0. The van der Waals surface area contributed by atoms with E-state index in [-0.39, 0.29) is 12.3 Å². The first-order chi connectivity index (χ1) is 4.18. The standard InChI is InChI=1S/C7H8F2/c8-7(9)4-5-1-2-6(7)3-5/h1-2,5-6H,3-4H2. The molecule has 0 saturated heterocycles. The Hall–Kier alpha value is -0.400. The first kappa shape index (κ1) is 5.39. The Bertz CT molecular complexity index is 160. The van der Waals surface area contributed by atoms with Gasteiger partial charge in [0, 0.05) is 12.3 Å². The summed E-state index contributed by atoms with van der Waals surface area (Å²) in [4.78, 5) is 0. The van der Waals surface area contributed by atoms with Gasteiger partial charge >= 0.3 is 0 Å². The van der Waals surface area contributed by atoms with Crippen LogP contribution in [0, 0.1) is 11.8 Å². The van der Waals surface area contributed by atoms with E-state index in [1.807, 2.05) is 6.08 Å². The van der Waals surface area contributed by atoms with Crippen molar-refractivity contribution in [2.75, 3.05) is 0 Å². The quantitative estimate of drug-likeness (QED) is 0.441. The van der Waals surface area contributed by atoms with Crippen LogP contribution in [-0.4, -0.2) is 5.92 Å². The van der Waals surface area contributed by atoms with E-state index < -0.39 is 11.8 Å². The number of allylic oxidation sites excluding steroid dienone is 2. The predicted octanol–water partition coefficient (Wildman–Crippen LogP) is 2.22. The highest BCUT2D eigenvalue weighted by atomic mass is 19.3. The van der Waals surface area contributed by atoms with Gasteiger partial charge in [0.2, 0.25) is 0 Å². The molecule has 2 bridgehead atoms. The third kappa shape index (κ3) is 0.620. The minimum Gasteiger partial charge on any atom is -0.206 e. The topological polar surface area (TPSA) is 0 Å². The summed E-state index contributed by atoms with van der Waals surface area (Å²) >= 11 is 0. The van der Waals surface area contributed by atoms with Gasteiger partial charge in [0.05, 0.1) is 0 Å². The maximum Gasteiger partial charge on any atom is 0.254 e. The summed E-state index contributed by atoms with van der Waals surface area (Å²) in [5.41, 5.74) is 0. The lowest BCUT2D eigenvalue weighted by Crippen LogP contribution is -2.20. The van der Waals surface area contributed by atoms with E-state index in [1.165, 1.54) is 0 Å². The lowest BCUT2D eigenvalue weighted by molar-refractivity contribution is -0.0243. The third-order valence-electron chi connectivity index (χ3n) is 2.25. The fourth-order valence-corrected chi connectivity index (χ4v) is 1.74. The van der Waals surface area contributed by atoms with Crippen molar-refractivity contribution in [2.24, 2.45) is 11.8 Å². The van der Waals surface area contributed by atoms with Gasteiger partial charge in [-0.3, -0.25) is 0 Å². The third-order valence-corrected chi connectivity index (χ3v) is 2.25. The van der Waals surface area contributed by atoms with Crippen LogP contribution in [0.1, 0.15) is 12.8 Å². The molecule has 2 unspecified atom stereocenters. The molecule has 0 aromatic heterocycles. The Morgan fingerprint density at radius 3 is 2.33 bits per heavy atom. The number of alkyl halides is 2. The van der Waals surface area contributed by atoms with E-state index >= 15 is 0 Å². The van der Waals surface area contributed by atoms with E-state index in [4.69, 9.17) is 0 Å². The van der Waals surface area contributed by atoms with E-state index in [1.54, 1.807) is 6.08 Å². The molecule has 0 aromatic rings. The summed E-state index contributed by atoms with van der Waals surface area (Å²) in [7, 11) is 0. The largest absolute Gasteiger partial charge is 0.254 e. The Balaban J connectivity index is 2.29. The summed E-state index contributed by atoms with van der Waals surface area (Å²) in [6.45, 7) is 0. The predicted molar refractivity (Wildman–Crippen MR) is 30.3 cm³/mol. The van der Waals surface area contributed by atoms with Gasteiger partial charge in [-0.25, -0.2) is 8.78 Å². The van der Waals surface area contributed by atoms with Crippen LogP contribution < -0.4 is 0 Å². The number of hydrogen-bond acceptors (Lipinski definition) is 0. The van der Waals surface area contributed by atoms with Crippen LogP contribution in [0.15, 0.2) is 12.2 Å². The highest BCUT2D eigenvalue weighted by molar-refractivity contribution is 5.13. The fourth-order valence-electron chi connectivity index (χ4n) is 1.74. The van der Waals surface area contributed by atoms with E-state index in [2.05, 4.69) is 0 Å². The van der Waals surface area contributed by atoms with Crippen molar-refractivity contribution in [3.05, 3.63) is 12.2 Å². The lowest BCUT2D eigenvalue weighted by Gasteiger charge is -2.16. The van der Waals surface area contributed by atoms with Gasteiger partial charge in [0.1, 0.15) is 0 Å². The van der Waals surface area contributed by atoms with Crippen molar-refractivity contribution < 1.29 is 8.78 Å². The first-order valence-corrected chi connectivity index (χ1v) is 3.24. The molecule has 2 aliphatic carbocycles. The van der Waals surface area contributed by atoms with Crippen LogP contribution in [0.5, 0.6) is 0 Å². The van der Waals surface area contributed by atoms with Crippen molar-refractivity contribution in [3.63, 3.8) is 0 Å². The molecule has 1 saturated carbocycles. The van der Waals surface area contributed by atoms with Crippen LogP contribution in [0.4, 0.5) is 8.78 Å². The number of halogens is 2. The molecule has 50 valence electrons. The van der Waals surface area contributed by atoms with Crippen molar-refractivity contribution in [1.29, 1.82) is 0 Å². The van der Waals surface area contributed by atoms with E-state index in [9.17, 15) is 8.78 Å².